The Morgan fingerprint density at radius 2 is 1.71 bits per heavy atom. The average molecular weight is 231 g/mol. The Labute approximate surface area is 96.2 Å². The van der Waals surface area contributed by atoms with Crippen molar-refractivity contribution >= 4 is 23.2 Å². The number of hydrogen-bond donors (Lipinski definition) is 0. The maximum absolute atomic E-state index is 5.83. The lowest BCUT2D eigenvalue weighted by atomic mass is 9.92. The van der Waals surface area contributed by atoms with E-state index >= 15 is 0 Å². The van der Waals surface area contributed by atoms with E-state index in [1.54, 1.807) is 0 Å². The van der Waals surface area contributed by atoms with E-state index in [1.165, 1.54) is 5.56 Å². The van der Waals surface area contributed by atoms with E-state index in [4.69, 9.17) is 23.2 Å². The van der Waals surface area contributed by atoms with E-state index in [-0.39, 0.29) is 0 Å². The summed E-state index contributed by atoms with van der Waals surface area (Å²) < 4.78 is 0. The fourth-order valence-electron chi connectivity index (χ4n) is 1.59. The molecule has 0 radical (unpaired) electrons. The first-order valence-corrected chi connectivity index (χ1v) is 5.86. The summed E-state index contributed by atoms with van der Waals surface area (Å²) in [7, 11) is 0. The zero-order valence-corrected chi connectivity index (χ0v) is 10.1. The summed E-state index contributed by atoms with van der Waals surface area (Å²) in [6.07, 6.45) is 1.13. The van der Waals surface area contributed by atoms with Gasteiger partial charge in [0.05, 0.1) is 0 Å². The van der Waals surface area contributed by atoms with Crippen LogP contribution >= 0.6 is 23.2 Å². The van der Waals surface area contributed by atoms with Gasteiger partial charge in [-0.2, -0.15) is 0 Å². The van der Waals surface area contributed by atoms with Gasteiger partial charge in [0, 0.05) is 10.9 Å². The molecule has 1 aromatic rings. The van der Waals surface area contributed by atoms with Crippen molar-refractivity contribution in [2.45, 2.75) is 26.2 Å². The van der Waals surface area contributed by atoms with Crippen LogP contribution in [0, 0.1) is 5.92 Å². The number of benzene rings is 1. The maximum Gasteiger partial charge on any atom is 0.0406 e. The molecule has 2 atom stereocenters. The van der Waals surface area contributed by atoms with Gasteiger partial charge in [-0.3, -0.25) is 0 Å². The normalized spacial score (nSPS) is 15.1. The van der Waals surface area contributed by atoms with Crippen molar-refractivity contribution < 1.29 is 0 Å². The maximum atomic E-state index is 5.83. The zero-order valence-electron chi connectivity index (χ0n) is 8.63. The van der Waals surface area contributed by atoms with Gasteiger partial charge < -0.3 is 0 Å². The lowest BCUT2D eigenvalue weighted by Gasteiger charge is -2.15. The molecular formula is C12H16Cl2. The van der Waals surface area contributed by atoms with E-state index < -0.39 is 0 Å². The third-order valence-corrected chi connectivity index (χ3v) is 3.24. The van der Waals surface area contributed by atoms with Crippen LogP contribution in [-0.2, 0) is 0 Å². The van der Waals surface area contributed by atoms with Crippen molar-refractivity contribution in [1.29, 1.82) is 0 Å². The second-order valence-corrected chi connectivity index (χ2v) is 4.69. The fourth-order valence-corrected chi connectivity index (χ4v) is 1.85. The quantitative estimate of drug-likeness (QED) is 0.658. The SMILES string of the molecule is CC(CCl)CC(C)c1ccc(Cl)cc1. The highest BCUT2D eigenvalue weighted by Gasteiger charge is 2.09. The van der Waals surface area contributed by atoms with Gasteiger partial charge in [0.15, 0.2) is 0 Å². The van der Waals surface area contributed by atoms with E-state index in [0.29, 0.717) is 11.8 Å². The molecule has 0 heterocycles. The van der Waals surface area contributed by atoms with Gasteiger partial charge >= 0.3 is 0 Å². The third kappa shape index (κ3) is 3.51. The molecule has 1 rings (SSSR count). The van der Waals surface area contributed by atoms with Crippen LogP contribution < -0.4 is 0 Å². The average Bonchev–Trinajstić information content (AvgIpc) is 2.18. The Bertz CT molecular complexity index is 266. The van der Waals surface area contributed by atoms with Crippen molar-refractivity contribution in [3.05, 3.63) is 34.9 Å². The molecule has 2 unspecified atom stereocenters. The number of halogens is 2. The van der Waals surface area contributed by atoms with Crippen LogP contribution in [0.4, 0.5) is 0 Å². The highest BCUT2D eigenvalue weighted by atomic mass is 35.5. The fraction of sp³-hybridized carbons (Fsp3) is 0.500. The van der Waals surface area contributed by atoms with E-state index in [1.807, 2.05) is 12.1 Å². The molecule has 0 saturated heterocycles. The summed E-state index contributed by atoms with van der Waals surface area (Å²) in [6, 6.07) is 8.07. The van der Waals surface area contributed by atoms with Crippen LogP contribution in [0.3, 0.4) is 0 Å². The van der Waals surface area contributed by atoms with Crippen molar-refractivity contribution in [2.75, 3.05) is 5.88 Å². The van der Waals surface area contributed by atoms with Gasteiger partial charge in [-0.15, -0.1) is 11.6 Å². The van der Waals surface area contributed by atoms with Crippen LogP contribution in [0.25, 0.3) is 0 Å². The molecule has 0 fully saturated rings. The van der Waals surface area contributed by atoms with E-state index in [9.17, 15) is 0 Å². The molecule has 0 N–H and O–H groups in total. The molecule has 14 heavy (non-hydrogen) atoms. The first-order valence-electron chi connectivity index (χ1n) is 4.95. The van der Waals surface area contributed by atoms with E-state index in [0.717, 1.165) is 17.3 Å². The standard InChI is InChI=1S/C12H16Cl2/c1-9(8-13)7-10(2)11-3-5-12(14)6-4-11/h3-6,9-10H,7-8H2,1-2H3. The Morgan fingerprint density at radius 3 is 2.21 bits per heavy atom. The Kier molecular flexibility index (Phi) is 4.77. The molecule has 0 aliphatic carbocycles. The van der Waals surface area contributed by atoms with Crippen molar-refractivity contribution in [3.63, 3.8) is 0 Å². The van der Waals surface area contributed by atoms with Gasteiger partial charge in [-0.25, -0.2) is 0 Å². The molecule has 0 bridgehead atoms. The van der Waals surface area contributed by atoms with Crippen LogP contribution in [0.15, 0.2) is 24.3 Å². The molecule has 2 heteroatoms. The molecule has 1 aromatic carbocycles. The third-order valence-electron chi connectivity index (χ3n) is 2.46. The smallest absolute Gasteiger partial charge is 0.0406 e. The predicted molar refractivity (Wildman–Crippen MR) is 64.4 cm³/mol. The number of rotatable bonds is 4. The summed E-state index contributed by atoms with van der Waals surface area (Å²) >= 11 is 11.6. The Balaban J connectivity index is 2.60. The highest BCUT2D eigenvalue weighted by molar-refractivity contribution is 6.30. The molecule has 0 aliphatic heterocycles. The molecule has 0 amide bonds. The highest BCUT2D eigenvalue weighted by Crippen LogP contribution is 2.24. The molecular weight excluding hydrogens is 215 g/mol. The summed E-state index contributed by atoms with van der Waals surface area (Å²) in [5.74, 6) is 1.86. The molecule has 0 nitrogen and oxygen atoms in total. The van der Waals surface area contributed by atoms with Crippen molar-refractivity contribution in [3.8, 4) is 0 Å². The monoisotopic (exact) mass is 230 g/mol. The van der Waals surface area contributed by atoms with E-state index in [2.05, 4.69) is 26.0 Å². The second-order valence-electron chi connectivity index (χ2n) is 3.95. The zero-order chi connectivity index (χ0) is 10.6. The lowest BCUT2D eigenvalue weighted by Crippen LogP contribution is -2.03. The minimum absolute atomic E-state index is 0.556. The van der Waals surface area contributed by atoms with Gasteiger partial charge in [-0.05, 0) is 36.0 Å². The summed E-state index contributed by atoms with van der Waals surface area (Å²) in [5, 5.41) is 0.798. The largest absolute Gasteiger partial charge is 0.126 e. The van der Waals surface area contributed by atoms with Crippen LogP contribution in [0.5, 0.6) is 0 Å². The Hall–Kier alpha value is -0.200. The van der Waals surface area contributed by atoms with Gasteiger partial charge in [0.25, 0.3) is 0 Å². The molecule has 0 aliphatic rings. The van der Waals surface area contributed by atoms with Crippen molar-refractivity contribution in [2.24, 2.45) is 5.92 Å². The minimum Gasteiger partial charge on any atom is -0.126 e. The first-order chi connectivity index (χ1) is 6.63. The molecule has 0 aromatic heterocycles. The van der Waals surface area contributed by atoms with Crippen LogP contribution in [0.2, 0.25) is 5.02 Å². The van der Waals surface area contributed by atoms with Crippen molar-refractivity contribution in [1.82, 2.24) is 0 Å². The van der Waals surface area contributed by atoms with Gasteiger partial charge in [-0.1, -0.05) is 37.6 Å². The Morgan fingerprint density at radius 1 is 1.14 bits per heavy atom. The molecule has 78 valence electrons. The van der Waals surface area contributed by atoms with Gasteiger partial charge in [0.2, 0.25) is 0 Å². The number of hydrogen-bond acceptors (Lipinski definition) is 0. The second kappa shape index (κ2) is 5.63. The minimum atomic E-state index is 0.556. The molecule has 0 saturated carbocycles. The summed E-state index contributed by atoms with van der Waals surface area (Å²) in [6.45, 7) is 4.41. The van der Waals surface area contributed by atoms with Crippen LogP contribution in [0.1, 0.15) is 31.7 Å². The number of alkyl halides is 1. The lowest BCUT2D eigenvalue weighted by molar-refractivity contribution is 0.528. The van der Waals surface area contributed by atoms with Crippen LogP contribution in [-0.4, -0.2) is 5.88 Å². The van der Waals surface area contributed by atoms with Gasteiger partial charge in [0.1, 0.15) is 0 Å². The summed E-state index contributed by atoms with van der Waals surface area (Å²) in [5.41, 5.74) is 1.34. The topological polar surface area (TPSA) is 0 Å². The molecule has 0 spiro atoms. The summed E-state index contributed by atoms with van der Waals surface area (Å²) in [4.78, 5) is 0. The first kappa shape index (κ1) is 11.9. The predicted octanol–water partition coefficient (Wildman–Crippen LogP) is 4.71.